The van der Waals surface area contributed by atoms with E-state index in [0.717, 1.165) is 17.7 Å². The molecule has 0 spiro atoms. The molecule has 1 saturated heterocycles. The number of rotatable bonds is 6. The van der Waals surface area contributed by atoms with E-state index >= 15 is 0 Å². The van der Waals surface area contributed by atoms with Crippen LogP contribution in [0.5, 0.6) is 0 Å². The van der Waals surface area contributed by atoms with Crippen LogP contribution in [0.1, 0.15) is 30.3 Å². The van der Waals surface area contributed by atoms with Gasteiger partial charge in [0.25, 0.3) is 5.91 Å². The number of halogens is 2. The maximum atomic E-state index is 12.9. The standard InChI is InChI=1S/C25H25Cl2N3O3/c1-2-3-24(31)30-14-12-29(13-15-30)21-9-8-19(27)16-20(21)28-25(32)23-11-10-22(33-23)17-4-6-18(26)7-5-17/h4-11,16H,2-3,12-15H2,1H3,(H,28,32). The molecule has 0 radical (unpaired) electrons. The molecule has 6 nitrogen and oxygen atoms in total. The van der Waals surface area contributed by atoms with Crippen LogP contribution in [0.2, 0.25) is 10.0 Å². The number of piperazine rings is 1. The number of nitrogens with one attached hydrogen (secondary N) is 1. The zero-order valence-corrected chi connectivity index (χ0v) is 19.8. The zero-order valence-electron chi connectivity index (χ0n) is 18.3. The van der Waals surface area contributed by atoms with Crippen molar-refractivity contribution in [1.82, 2.24) is 4.90 Å². The molecule has 8 heteroatoms. The number of benzene rings is 2. The quantitative estimate of drug-likeness (QED) is 0.468. The van der Waals surface area contributed by atoms with Crippen molar-refractivity contribution in [2.24, 2.45) is 0 Å². The van der Waals surface area contributed by atoms with Gasteiger partial charge in [-0.3, -0.25) is 9.59 Å². The Hall–Kier alpha value is -2.96. The van der Waals surface area contributed by atoms with Crippen LogP contribution in [0.4, 0.5) is 11.4 Å². The van der Waals surface area contributed by atoms with E-state index < -0.39 is 0 Å². The molecule has 0 bridgehead atoms. The normalized spacial score (nSPS) is 13.8. The lowest BCUT2D eigenvalue weighted by Gasteiger charge is -2.37. The van der Waals surface area contributed by atoms with Crippen LogP contribution < -0.4 is 10.2 Å². The van der Waals surface area contributed by atoms with Crippen LogP contribution in [0.15, 0.2) is 59.0 Å². The van der Waals surface area contributed by atoms with Gasteiger partial charge in [-0.1, -0.05) is 30.1 Å². The SMILES string of the molecule is CCCC(=O)N1CCN(c2ccc(Cl)cc2NC(=O)c2ccc(-c3ccc(Cl)cc3)o2)CC1. The fourth-order valence-corrected chi connectivity index (χ4v) is 4.16. The van der Waals surface area contributed by atoms with E-state index in [9.17, 15) is 9.59 Å². The van der Waals surface area contributed by atoms with Crippen molar-refractivity contribution in [3.05, 3.63) is 70.4 Å². The van der Waals surface area contributed by atoms with Crippen molar-refractivity contribution < 1.29 is 14.0 Å². The predicted octanol–water partition coefficient (Wildman–Crippen LogP) is 5.95. The molecule has 1 aromatic heterocycles. The minimum atomic E-state index is -0.365. The molecule has 33 heavy (non-hydrogen) atoms. The zero-order chi connectivity index (χ0) is 23.4. The highest BCUT2D eigenvalue weighted by Crippen LogP contribution is 2.31. The molecular formula is C25H25Cl2N3O3. The Morgan fingerprint density at radius 3 is 2.33 bits per heavy atom. The van der Waals surface area contributed by atoms with E-state index in [1.54, 1.807) is 36.4 Å². The van der Waals surface area contributed by atoms with E-state index in [-0.39, 0.29) is 17.6 Å². The third-order valence-corrected chi connectivity index (χ3v) is 6.09. The number of carbonyl (C=O) groups excluding carboxylic acids is 2. The first-order valence-corrected chi connectivity index (χ1v) is 11.7. The molecule has 3 aromatic rings. The average Bonchev–Trinajstić information content (AvgIpc) is 3.31. The summed E-state index contributed by atoms with van der Waals surface area (Å²) in [5, 5.41) is 4.08. The van der Waals surface area contributed by atoms with Crippen molar-refractivity contribution >= 4 is 46.4 Å². The third kappa shape index (κ3) is 5.52. The second-order valence-corrected chi connectivity index (χ2v) is 8.78. The lowest BCUT2D eigenvalue weighted by molar-refractivity contribution is -0.131. The molecule has 1 aliphatic heterocycles. The highest BCUT2D eigenvalue weighted by molar-refractivity contribution is 6.31. The van der Waals surface area contributed by atoms with Crippen LogP contribution in [0.3, 0.4) is 0 Å². The van der Waals surface area contributed by atoms with Gasteiger partial charge in [0.1, 0.15) is 5.76 Å². The van der Waals surface area contributed by atoms with E-state index in [1.807, 2.05) is 30.0 Å². The Labute approximate surface area is 203 Å². The first-order chi connectivity index (χ1) is 15.9. The molecule has 4 rings (SSSR count). The number of carbonyl (C=O) groups is 2. The van der Waals surface area contributed by atoms with Crippen LogP contribution in [0, 0.1) is 0 Å². The summed E-state index contributed by atoms with van der Waals surface area (Å²) in [6.45, 7) is 4.67. The number of hydrogen-bond donors (Lipinski definition) is 1. The van der Waals surface area contributed by atoms with Crippen LogP contribution in [0.25, 0.3) is 11.3 Å². The Balaban J connectivity index is 1.48. The van der Waals surface area contributed by atoms with Gasteiger partial charge in [-0.15, -0.1) is 0 Å². The summed E-state index contributed by atoms with van der Waals surface area (Å²) in [4.78, 5) is 29.2. The lowest BCUT2D eigenvalue weighted by atomic mass is 10.2. The molecule has 0 atom stereocenters. The summed E-state index contributed by atoms with van der Waals surface area (Å²) in [6.07, 6.45) is 1.42. The minimum Gasteiger partial charge on any atom is -0.451 e. The van der Waals surface area contributed by atoms with E-state index in [0.29, 0.717) is 54.1 Å². The summed E-state index contributed by atoms with van der Waals surface area (Å²) in [5.41, 5.74) is 2.29. The molecule has 2 amide bonds. The summed E-state index contributed by atoms with van der Waals surface area (Å²) in [7, 11) is 0. The predicted molar refractivity (Wildman–Crippen MR) is 132 cm³/mol. The maximum absolute atomic E-state index is 12.9. The molecule has 1 N–H and O–H groups in total. The molecule has 172 valence electrons. The van der Waals surface area contributed by atoms with Gasteiger partial charge in [0, 0.05) is 48.2 Å². The van der Waals surface area contributed by atoms with Crippen molar-refractivity contribution in [1.29, 1.82) is 0 Å². The molecule has 1 aliphatic rings. The lowest BCUT2D eigenvalue weighted by Crippen LogP contribution is -2.48. The van der Waals surface area contributed by atoms with E-state index in [4.69, 9.17) is 27.6 Å². The second kappa shape index (κ2) is 10.3. The molecule has 1 fully saturated rings. The van der Waals surface area contributed by atoms with Gasteiger partial charge in [0.2, 0.25) is 5.91 Å². The molecule has 2 heterocycles. The monoisotopic (exact) mass is 485 g/mol. The number of furan rings is 1. The van der Waals surface area contributed by atoms with Gasteiger partial charge in [-0.05, 0) is 61.0 Å². The molecule has 0 saturated carbocycles. The van der Waals surface area contributed by atoms with Crippen molar-refractivity contribution in [3.8, 4) is 11.3 Å². The van der Waals surface area contributed by atoms with E-state index in [2.05, 4.69) is 10.2 Å². The molecule has 0 aliphatic carbocycles. The second-order valence-electron chi connectivity index (χ2n) is 7.90. The van der Waals surface area contributed by atoms with Gasteiger partial charge in [-0.25, -0.2) is 0 Å². The van der Waals surface area contributed by atoms with Crippen LogP contribution in [-0.2, 0) is 4.79 Å². The van der Waals surface area contributed by atoms with E-state index in [1.165, 1.54) is 0 Å². The van der Waals surface area contributed by atoms with Crippen LogP contribution >= 0.6 is 23.2 Å². The summed E-state index contributed by atoms with van der Waals surface area (Å²) in [6, 6.07) is 16.0. The van der Waals surface area contributed by atoms with Crippen molar-refractivity contribution in [2.45, 2.75) is 19.8 Å². The number of amides is 2. The van der Waals surface area contributed by atoms with Gasteiger partial charge >= 0.3 is 0 Å². The fraction of sp³-hybridized carbons (Fsp3) is 0.280. The first-order valence-electron chi connectivity index (χ1n) is 10.9. The smallest absolute Gasteiger partial charge is 0.291 e. The topological polar surface area (TPSA) is 65.8 Å². The highest BCUT2D eigenvalue weighted by Gasteiger charge is 2.23. The average molecular weight is 486 g/mol. The van der Waals surface area contributed by atoms with Crippen molar-refractivity contribution in [3.63, 3.8) is 0 Å². The van der Waals surface area contributed by atoms with Gasteiger partial charge in [0.05, 0.1) is 11.4 Å². The minimum absolute atomic E-state index is 0.191. The molecule has 2 aromatic carbocycles. The van der Waals surface area contributed by atoms with Gasteiger partial charge in [0.15, 0.2) is 5.76 Å². The summed E-state index contributed by atoms with van der Waals surface area (Å²) >= 11 is 12.2. The van der Waals surface area contributed by atoms with Gasteiger partial charge in [-0.2, -0.15) is 0 Å². The Kier molecular flexibility index (Phi) is 7.26. The third-order valence-electron chi connectivity index (χ3n) is 5.60. The summed E-state index contributed by atoms with van der Waals surface area (Å²) in [5.74, 6) is 0.600. The number of nitrogens with zero attached hydrogens (tertiary/aromatic N) is 2. The van der Waals surface area contributed by atoms with Crippen molar-refractivity contribution in [2.75, 3.05) is 36.4 Å². The highest BCUT2D eigenvalue weighted by atomic mass is 35.5. The Bertz CT molecular complexity index is 1140. The Morgan fingerprint density at radius 1 is 0.939 bits per heavy atom. The van der Waals surface area contributed by atoms with Crippen LogP contribution in [-0.4, -0.2) is 42.9 Å². The maximum Gasteiger partial charge on any atom is 0.291 e. The molecule has 0 unspecified atom stereocenters. The molecular weight excluding hydrogens is 461 g/mol. The first kappa shape index (κ1) is 23.2. The number of hydrogen-bond acceptors (Lipinski definition) is 4. The number of anilines is 2. The Morgan fingerprint density at radius 2 is 1.64 bits per heavy atom. The summed E-state index contributed by atoms with van der Waals surface area (Å²) < 4.78 is 5.78. The fourth-order valence-electron chi connectivity index (χ4n) is 3.87. The van der Waals surface area contributed by atoms with Gasteiger partial charge < -0.3 is 19.5 Å². The largest absolute Gasteiger partial charge is 0.451 e.